The molecule has 252 valence electrons. The van der Waals surface area contributed by atoms with Gasteiger partial charge in [-0.15, -0.1) is 0 Å². The Morgan fingerprint density at radius 1 is 0.481 bits per heavy atom. The number of furan rings is 1. The molecule has 7 aromatic carbocycles. The van der Waals surface area contributed by atoms with Gasteiger partial charge in [0.15, 0.2) is 5.82 Å². The van der Waals surface area contributed by atoms with Crippen molar-refractivity contribution in [2.75, 3.05) is 0 Å². The van der Waals surface area contributed by atoms with Gasteiger partial charge < -0.3 is 4.42 Å². The molecule has 12 rings (SSSR count). The number of benzene rings is 7. The first kappa shape index (κ1) is 29.7. The smallest absolute Gasteiger partial charge is 0.231 e. The van der Waals surface area contributed by atoms with E-state index in [-0.39, 0.29) is 0 Å². The maximum atomic E-state index is 6.48. The second kappa shape index (κ2) is 11.3. The molecule has 0 N–H and O–H groups in total. The van der Waals surface area contributed by atoms with Crippen LogP contribution >= 0.6 is 11.8 Å². The van der Waals surface area contributed by atoms with Crippen LogP contribution in [0.1, 0.15) is 0 Å². The van der Waals surface area contributed by atoms with E-state index in [1.54, 1.807) is 0 Å². The maximum absolute atomic E-state index is 6.48. The van der Waals surface area contributed by atoms with E-state index in [4.69, 9.17) is 14.4 Å². The first-order valence-corrected chi connectivity index (χ1v) is 18.9. The van der Waals surface area contributed by atoms with Gasteiger partial charge in [0.05, 0.1) is 27.8 Å². The van der Waals surface area contributed by atoms with Crippen molar-refractivity contribution in [1.29, 1.82) is 0 Å². The van der Waals surface area contributed by atoms with Crippen LogP contribution in [0.25, 0.3) is 100 Å². The summed E-state index contributed by atoms with van der Waals surface area (Å²) in [5, 5.41) is 5.59. The molecule has 0 spiro atoms. The quantitative estimate of drug-likeness (QED) is 0.183. The summed E-state index contributed by atoms with van der Waals surface area (Å²) < 4.78 is 11.4. The van der Waals surface area contributed by atoms with Crippen LogP contribution in [-0.4, -0.2) is 19.1 Å². The van der Waals surface area contributed by atoms with Crippen molar-refractivity contribution in [3.63, 3.8) is 0 Å². The molecule has 5 heterocycles. The van der Waals surface area contributed by atoms with Crippen LogP contribution in [0.3, 0.4) is 0 Å². The van der Waals surface area contributed by atoms with Gasteiger partial charge in [0.25, 0.3) is 0 Å². The van der Waals surface area contributed by atoms with Gasteiger partial charge in [-0.2, -0.15) is 4.98 Å². The summed E-state index contributed by atoms with van der Waals surface area (Å²) in [5.74, 6) is 0.618. The van der Waals surface area contributed by atoms with Crippen molar-refractivity contribution in [3.05, 3.63) is 170 Å². The molecular formula is C48H28N4OS. The third-order valence-electron chi connectivity index (χ3n) is 10.7. The van der Waals surface area contributed by atoms with Crippen LogP contribution < -0.4 is 0 Å². The monoisotopic (exact) mass is 708 g/mol. The molecule has 0 aliphatic carbocycles. The summed E-state index contributed by atoms with van der Waals surface area (Å²) in [6.07, 6.45) is 0. The zero-order chi connectivity index (χ0) is 35.3. The Kier molecular flexibility index (Phi) is 6.21. The number of nitrogens with zero attached hydrogens (tertiary/aromatic N) is 4. The maximum Gasteiger partial charge on any atom is 0.231 e. The zero-order valence-corrected chi connectivity index (χ0v) is 29.6. The molecule has 0 bridgehead atoms. The number of hydrogen-bond donors (Lipinski definition) is 0. The minimum atomic E-state index is 0.575. The van der Waals surface area contributed by atoms with Crippen LogP contribution in [-0.2, 0) is 0 Å². The predicted molar refractivity (Wildman–Crippen MR) is 221 cm³/mol. The van der Waals surface area contributed by atoms with Crippen molar-refractivity contribution in [3.8, 4) is 45.1 Å². The Morgan fingerprint density at radius 2 is 1.20 bits per heavy atom. The Morgan fingerprint density at radius 3 is 2.11 bits per heavy atom. The Labute approximate surface area is 313 Å². The van der Waals surface area contributed by atoms with Gasteiger partial charge in [-0.05, 0) is 59.7 Å². The molecule has 54 heavy (non-hydrogen) atoms. The fraction of sp³-hybridized carbons (Fsp3) is 0. The highest BCUT2D eigenvalue weighted by Crippen LogP contribution is 2.50. The molecule has 0 amide bonds. The molecule has 6 heteroatoms. The van der Waals surface area contributed by atoms with Crippen LogP contribution in [0.4, 0.5) is 0 Å². The third-order valence-corrected chi connectivity index (χ3v) is 11.8. The van der Waals surface area contributed by atoms with Crippen molar-refractivity contribution in [2.24, 2.45) is 0 Å². The summed E-state index contributed by atoms with van der Waals surface area (Å²) in [7, 11) is 0. The lowest BCUT2D eigenvalue weighted by atomic mass is 9.99. The van der Waals surface area contributed by atoms with E-state index in [1.165, 1.54) is 37.2 Å². The Hall–Kier alpha value is -6.89. The summed E-state index contributed by atoms with van der Waals surface area (Å²) >= 11 is 1.85. The first-order valence-electron chi connectivity index (χ1n) is 18.1. The minimum absolute atomic E-state index is 0.575. The van der Waals surface area contributed by atoms with Gasteiger partial charge in [-0.3, -0.25) is 9.13 Å². The van der Waals surface area contributed by atoms with Gasteiger partial charge in [0.1, 0.15) is 11.2 Å². The molecular weight excluding hydrogens is 681 g/mol. The number of fused-ring (bicyclic) bond motifs is 10. The first-order chi connectivity index (χ1) is 26.8. The van der Waals surface area contributed by atoms with Crippen molar-refractivity contribution in [2.45, 2.75) is 9.79 Å². The SMILES string of the molecule is c1ccc(-c2cccc(-c3nc(-c4ccc5c6c7cccc8c7n(c6n(-c6ccccc6)c5c4)-c4ccccc4S8)nc4oc5ccccc5c34)c2)cc1. The molecule has 1 aliphatic heterocycles. The second-order valence-corrected chi connectivity index (χ2v) is 14.9. The average Bonchev–Trinajstić information content (AvgIpc) is 3.89. The van der Waals surface area contributed by atoms with E-state index in [0.29, 0.717) is 11.5 Å². The molecule has 0 unspecified atom stereocenters. The topological polar surface area (TPSA) is 48.8 Å². The number of para-hydroxylation sites is 4. The molecule has 1 aliphatic rings. The van der Waals surface area contributed by atoms with Gasteiger partial charge in [-0.1, -0.05) is 133 Å². The zero-order valence-electron chi connectivity index (χ0n) is 28.8. The molecule has 0 fully saturated rings. The molecule has 0 saturated carbocycles. The van der Waals surface area contributed by atoms with Crippen molar-refractivity contribution < 1.29 is 4.42 Å². The Bertz CT molecular complexity index is 3300. The normalized spacial score (nSPS) is 12.4. The third kappa shape index (κ3) is 4.23. The lowest BCUT2D eigenvalue weighted by Gasteiger charge is -2.21. The van der Waals surface area contributed by atoms with E-state index in [0.717, 1.165) is 61.2 Å². The van der Waals surface area contributed by atoms with Crippen LogP contribution in [0.2, 0.25) is 0 Å². The predicted octanol–water partition coefficient (Wildman–Crippen LogP) is 12.9. The van der Waals surface area contributed by atoms with Crippen molar-refractivity contribution >= 4 is 66.7 Å². The van der Waals surface area contributed by atoms with Crippen LogP contribution in [0.5, 0.6) is 0 Å². The highest BCUT2D eigenvalue weighted by atomic mass is 32.2. The van der Waals surface area contributed by atoms with E-state index < -0.39 is 0 Å². The lowest BCUT2D eigenvalue weighted by Crippen LogP contribution is -2.05. The fourth-order valence-corrected chi connectivity index (χ4v) is 9.48. The van der Waals surface area contributed by atoms with Gasteiger partial charge in [-0.25, -0.2) is 4.98 Å². The largest absolute Gasteiger partial charge is 0.438 e. The summed E-state index contributed by atoms with van der Waals surface area (Å²) in [5.41, 5.74) is 12.2. The summed E-state index contributed by atoms with van der Waals surface area (Å²) in [6, 6.07) is 60.0. The lowest BCUT2D eigenvalue weighted by molar-refractivity contribution is 0.653. The van der Waals surface area contributed by atoms with Gasteiger partial charge in [0.2, 0.25) is 5.71 Å². The average molecular weight is 709 g/mol. The highest BCUT2D eigenvalue weighted by molar-refractivity contribution is 7.99. The van der Waals surface area contributed by atoms with E-state index in [2.05, 4.69) is 155 Å². The van der Waals surface area contributed by atoms with Gasteiger partial charge in [0, 0.05) is 48.2 Å². The fourth-order valence-electron chi connectivity index (χ4n) is 8.39. The number of rotatable bonds is 4. The summed E-state index contributed by atoms with van der Waals surface area (Å²) in [4.78, 5) is 13.0. The summed E-state index contributed by atoms with van der Waals surface area (Å²) in [6.45, 7) is 0. The highest BCUT2D eigenvalue weighted by Gasteiger charge is 2.28. The number of hydrogen-bond acceptors (Lipinski definition) is 4. The van der Waals surface area contributed by atoms with E-state index in [9.17, 15) is 0 Å². The van der Waals surface area contributed by atoms with Gasteiger partial charge >= 0.3 is 0 Å². The molecule has 0 saturated heterocycles. The Balaban J connectivity index is 1.15. The molecule has 0 radical (unpaired) electrons. The molecule has 4 aromatic heterocycles. The van der Waals surface area contributed by atoms with Crippen LogP contribution in [0, 0.1) is 0 Å². The van der Waals surface area contributed by atoms with Crippen LogP contribution in [0.15, 0.2) is 184 Å². The molecule has 11 aromatic rings. The standard InChI is InChI=1S/C48H28N4OS/c1-3-13-29(14-4-1)30-15-11-16-31(27-30)44-43-35-19-7-9-22-39(35)53-47(43)50-46(49-44)32-25-26-34-38(28-32)51(33-17-5-2-6-18-33)48-42(34)36-20-12-24-41-45(36)52(48)37-21-8-10-23-40(37)54-41/h1-28H. The van der Waals surface area contributed by atoms with E-state index in [1.807, 2.05) is 36.0 Å². The molecule has 0 atom stereocenters. The van der Waals surface area contributed by atoms with E-state index >= 15 is 0 Å². The molecule has 5 nitrogen and oxygen atoms in total. The number of aromatic nitrogens is 4. The minimum Gasteiger partial charge on any atom is -0.438 e. The van der Waals surface area contributed by atoms with Crippen molar-refractivity contribution in [1.82, 2.24) is 19.1 Å². The second-order valence-electron chi connectivity index (χ2n) is 13.8.